The minimum Gasteiger partial charge on any atom is -0.347 e. The predicted molar refractivity (Wildman–Crippen MR) is 111 cm³/mol. The topological polar surface area (TPSA) is 68.0 Å². The van der Waals surface area contributed by atoms with Crippen LogP contribution in [0, 0.1) is 13.8 Å². The fraction of sp³-hybridized carbons (Fsp3) is 0.500. The maximum Gasteiger partial charge on any atom is 0.240 e. The summed E-state index contributed by atoms with van der Waals surface area (Å²) in [5.41, 5.74) is 8.98. The summed E-state index contributed by atoms with van der Waals surface area (Å²) in [5, 5.41) is 4.12. The zero-order valence-corrected chi connectivity index (χ0v) is 17.3. The number of carbonyl (C=O) groups excluding carboxylic acids is 1. The number of aromatic nitrogens is 1. The van der Waals surface area contributed by atoms with E-state index in [0.717, 1.165) is 46.8 Å². The predicted octanol–water partition coefficient (Wildman–Crippen LogP) is 4.69. The summed E-state index contributed by atoms with van der Waals surface area (Å²) in [4.78, 5) is 18.5. The van der Waals surface area contributed by atoms with Crippen molar-refractivity contribution in [2.75, 3.05) is 0 Å². The lowest BCUT2D eigenvalue weighted by atomic mass is 9.82. The molecule has 0 aliphatic heterocycles. The summed E-state index contributed by atoms with van der Waals surface area (Å²) in [6.07, 6.45) is 4.81. The quantitative estimate of drug-likeness (QED) is 0.791. The number of amides is 1. The molecule has 1 saturated carbocycles. The van der Waals surface area contributed by atoms with E-state index in [1.165, 1.54) is 12.0 Å². The fourth-order valence-electron chi connectivity index (χ4n) is 3.45. The number of nitrogens with one attached hydrogen (secondary N) is 1. The van der Waals surface area contributed by atoms with Gasteiger partial charge in [-0.15, -0.1) is 23.7 Å². The van der Waals surface area contributed by atoms with Crippen molar-refractivity contribution in [3.8, 4) is 10.6 Å². The van der Waals surface area contributed by atoms with Gasteiger partial charge in [0.2, 0.25) is 5.91 Å². The number of nitrogens with two attached hydrogens (primary N) is 1. The minimum absolute atomic E-state index is 0. The number of rotatable bonds is 4. The van der Waals surface area contributed by atoms with Crippen LogP contribution in [0.25, 0.3) is 10.6 Å². The van der Waals surface area contributed by atoms with Crippen LogP contribution < -0.4 is 11.1 Å². The van der Waals surface area contributed by atoms with E-state index < -0.39 is 5.54 Å². The molecule has 1 fully saturated rings. The van der Waals surface area contributed by atoms with Crippen LogP contribution in [0.1, 0.15) is 61.2 Å². The molecule has 1 aromatic carbocycles. The van der Waals surface area contributed by atoms with Crippen LogP contribution in [-0.4, -0.2) is 16.4 Å². The molecule has 3 N–H and O–H groups in total. The molecule has 0 spiro atoms. The van der Waals surface area contributed by atoms with Gasteiger partial charge in [-0.25, -0.2) is 4.98 Å². The molecule has 1 atom stereocenters. The Balaban J connectivity index is 0.00000243. The largest absolute Gasteiger partial charge is 0.347 e. The van der Waals surface area contributed by atoms with Crippen molar-refractivity contribution >= 4 is 29.7 Å². The lowest BCUT2D eigenvalue weighted by molar-refractivity contribution is -0.128. The Hall–Kier alpha value is -1.43. The molecule has 6 heteroatoms. The van der Waals surface area contributed by atoms with Gasteiger partial charge in [-0.05, 0) is 33.6 Å². The Labute approximate surface area is 166 Å². The average Bonchev–Trinajstić information content (AvgIpc) is 2.98. The maximum atomic E-state index is 12.7. The third kappa shape index (κ3) is 4.45. The molecule has 2 aromatic rings. The minimum atomic E-state index is -0.703. The average molecular weight is 394 g/mol. The van der Waals surface area contributed by atoms with Gasteiger partial charge in [-0.3, -0.25) is 4.79 Å². The second-order valence-electron chi connectivity index (χ2n) is 7.25. The van der Waals surface area contributed by atoms with Crippen molar-refractivity contribution in [2.24, 2.45) is 5.73 Å². The Morgan fingerprint density at radius 2 is 1.81 bits per heavy atom. The molecule has 1 aliphatic carbocycles. The van der Waals surface area contributed by atoms with E-state index in [1.54, 1.807) is 11.3 Å². The summed E-state index contributed by atoms with van der Waals surface area (Å²) < 4.78 is 0. The Kier molecular flexibility index (Phi) is 6.83. The zero-order chi connectivity index (χ0) is 18.0. The summed E-state index contributed by atoms with van der Waals surface area (Å²) in [6.45, 7) is 6.10. The van der Waals surface area contributed by atoms with Crippen LogP contribution in [-0.2, 0) is 4.79 Å². The van der Waals surface area contributed by atoms with Crippen molar-refractivity contribution in [2.45, 2.75) is 64.5 Å². The van der Waals surface area contributed by atoms with E-state index >= 15 is 0 Å². The van der Waals surface area contributed by atoms with Crippen molar-refractivity contribution in [3.63, 3.8) is 0 Å². The third-order valence-electron chi connectivity index (χ3n) is 5.07. The number of thiazole rings is 1. The third-order valence-corrected chi connectivity index (χ3v) is 6.46. The molecule has 1 unspecified atom stereocenters. The normalized spacial score (nSPS) is 17.2. The highest BCUT2D eigenvalue weighted by Crippen LogP contribution is 2.33. The second kappa shape index (κ2) is 8.51. The Bertz CT molecular complexity index is 751. The molecular weight excluding hydrogens is 366 g/mol. The van der Waals surface area contributed by atoms with E-state index in [0.29, 0.717) is 0 Å². The molecule has 142 valence electrons. The van der Waals surface area contributed by atoms with Gasteiger partial charge in [0, 0.05) is 5.56 Å². The van der Waals surface area contributed by atoms with Crippen LogP contribution in [0.4, 0.5) is 0 Å². The molecule has 3 rings (SSSR count). The van der Waals surface area contributed by atoms with E-state index in [-0.39, 0.29) is 24.4 Å². The highest BCUT2D eigenvalue weighted by Gasteiger charge is 2.36. The van der Waals surface area contributed by atoms with E-state index in [9.17, 15) is 4.79 Å². The SMILES string of the molecule is Cc1ccc(-c2nc(C)c(C(C)NC(=O)C3(N)CCCCC3)s2)cc1.Cl. The standard InChI is InChI=1S/C20H27N3OS.ClH/c1-13-7-9-16(10-8-13)18-22-14(2)17(25-18)15(3)23-19(24)20(21)11-5-4-6-12-20;/h7-10,15H,4-6,11-12,21H2,1-3H3,(H,23,24);1H. The molecule has 1 aromatic heterocycles. The van der Waals surface area contributed by atoms with Gasteiger partial charge in [0.15, 0.2) is 0 Å². The van der Waals surface area contributed by atoms with Crippen molar-refractivity contribution in [3.05, 3.63) is 40.4 Å². The van der Waals surface area contributed by atoms with Crippen molar-refractivity contribution < 1.29 is 4.79 Å². The molecule has 26 heavy (non-hydrogen) atoms. The van der Waals surface area contributed by atoms with Gasteiger partial charge >= 0.3 is 0 Å². The summed E-state index contributed by atoms with van der Waals surface area (Å²) in [5.74, 6) is -0.0237. The van der Waals surface area contributed by atoms with E-state index in [1.807, 2.05) is 13.8 Å². The summed E-state index contributed by atoms with van der Waals surface area (Å²) >= 11 is 1.65. The Morgan fingerprint density at radius 3 is 2.42 bits per heavy atom. The first kappa shape index (κ1) is 20.9. The number of nitrogens with zero attached hydrogens (tertiary/aromatic N) is 1. The smallest absolute Gasteiger partial charge is 0.240 e. The van der Waals surface area contributed by atoms with Gasteiger partial charge in [0.05, 0.1) is 22.2 Å². The number of benzene rings is 1. The fourth-order valence-corrected chi connectivity index (χ4v) is 4.52. The van der Waals surface area contributed by atoms with Crippen LogP contribution in [0.15, 0.2) is 24.3 Å². The Morgan fingerprint density at radius 1 is 1.19 bits per heavy atom. The van der Waals surface area contributed by atoms with E-state index in [2.05, 4.69) is 36.5 Å². The summed E-state index contributed by atoms with van der Waals surface area (Å²) in [7, 11) is 0. The van der Waals surface area contributed by atoms with Crippen LogP contribution in [0.3, 0.4) is 0 Å². The van der Waals surface area contributed by atoms with Crippen LogP contribution in [0.2, 0.25) is 0 Å². The maximum absolute atomic E-state index is 12.7. The monoisotopic (exact) mass is 393 g/mol. The molecule has 1 heterocycles. The molecule has 0 radical (unpaired) electrons. The highest BCUT2D eigenvalue weighted by molar-refractivity contribution is 7.15. The molecule has 0 saturated heterocycles. The molecular formula is C20H28ClN3OS. The van der Waals surface area contributed by atoms with Gasteiger partial charge in [-0.1, -0.05) is 49.1 Å². The van der Waals surface area contributed by atoms with Crippen molar-refractivity contribution in [1.29, 1.82) is 0 Å². The number of halogens is 1. The zero-order valence-electron chi connectivity index (χ0n) is 15.7. The number of aryl methyl sites for hydroxylation is 2. The molecule has 1 amide bonds. The number of carbonyl (C=O) groups is 1. The molecule has 0 bridgehead atoms. The second-order valence-corrected chi connectivity index (χ2v) is 8.28. The van der Waals surface area contributed by atoms with Crippen LogP contribution in [0.5, 0.6) is 0 Å². The van der Waals surface area contributed by atoms with Gasteiger partial charge in [-0.2, -0.15) is 0 Å². The van der Waals surface area contributed by atoms with Crippen molar-refractivity contribution in [1.82, 2.24) is 10.3 Å². The van der Waals surface area contributed by atoms with Gasteiger partial charge in [0.25, 0.3) is 0 Å². The molecule has 1 aliphatic rings. The molecule has 4 nitrogen and oxygen atoms in total. The van der Waals surface area contributed by atoms with Crippen LogP contribution >= 0.6 is 23.7 Å². The number of hydrogen-bond acceptors (Lipinski definition) is 4. The first-order valence-electron chi connectivity index (χ1n) is 9.03. The van der Waals surface area contributed by atoms with Gasteiger partial charge < -0.3 is 11.1 Å². The highest BCUT2D eigenvalue weighted by atomic mass is 35.5. The number of hydrogen-bond donors (Lipinski definition) is 2. The summed E-state index contributed by atoms with van der Waals surface area (Å²) in [6, 6.07) is 8.30. The van der Waals surface area contributed by atoms with E-state index in [4.69, 9.17) is 10.7 Å². The lowest BCUT2D eigenvalue weighted by Gasteiger charge is -2.32. The first-order chi connectivity index (χ1) is 11.9. The van der Waals surface area contributed by atoms with Gasteiger partial charge in [0.1, 0.15) is 5.01 Å². The first-order valence-corrected chi connectivity index (χ1v) is 9.85. The lowest BCUT2D eigenvalue weighted by Crippen LogP contribution is -2.55.